The number of hydrogen-bond donors (Lipinski definition) is 1. The van der Waals surface area contributed by atoms with Crippen molar-refractivity contribution in [1.29, 1.82) is 0 Å². The van der Waals surface area contributed by atoms with Crippen LogP contribution in [-0.4, -0.2) is 29.6 Å². The van der Waals surface area contributed by atoms with Gasteiger partial charge in [-0.3, -0.25) is 0 Å². The van der Waals surface area contributed by atoms with Gasteiger partial charge in [0, 0.05) is 0 Å². The van der Waals surface area contributed by atoms with Gasteiger partial charge < -0.3 is 0 Å². The van der Waals surface area contributed by atoms with Crippen LogP contribution in [0.1, 0.15) is 90.1 Å². The van der Waals surface area contributed by atoms with Crippen LogP contribution in [0.25, 0.3) is 63.5 Å². The van der Waals surface area contributed by atoms with E-state index < -0.39 is 0 Å². The van der Waals surface area contributed by atoms with Gasteiger partial charge in [0.25, 0.3) is 0 Å². The van der Waals surface area contributed by atoms with E-state index in [1.165, 1.54) is 47.7 Å². The molecule has 0 atom stereocenters. The molecule has 0 saturated carbocycles. The van der Waals surface area contributed by atoms with Crippen molar-refractivity contribution in [3.63, 3.8) is 0 Å². The summed E-state index contributed by atoms with van der Waals surface area (Å²) in [7, 11) is 0. The van der Waals surface area contributed by atoms with E-state index in [4.69, 9.17) is 9.97 Å². The van der Waals surface area contributed by atoms with E-state index >= 15 is 0 Å². The van der Waals surface area contributed by atoms with Crippen LogP contribution >= 0.6 is 11.3 Å². The molecule has 0 fully saturated rings. The summed E-state index contributed by atoms with van der Waals surface area (Å²) >= 11 is 1.60. The van der Waals surface area contributed by atoms with Crippen molar-refractivity contribution < 1.29 is 5.11 Å². The van der Waals surface area contributed by atoms with Gasteiger partial charge in [-0.15, -0.1) is 0 Å². The predicted octanol–water partition coefficient (Wildman–Crippen LogP) is 12.8. The molecule has 1 N–H and O–H groups in total. The molecule has 0 aliphatic rings. The van der Waals surface area contributed by atoms with E-state index in [-0.39, 0.29) is 30.7 Å². The summed E-state index contributed by atoms with van der Waals surface area (Å²) in [4.78, 5) is 10.5. The molecule has 5 heteroatoms. The van der Waals surface area contributed by atoms with Crippen molar-refractivity contribution >= 4 is 45.7 Å². The molecule has 0 radical (unpaired) electrons. The Morgan fingerprint density at radius 3 is 1.98 bits per heavy atom. The van der Waals surface area contributed by atoms with Crippen LogP contribution in [0.5, 0.6) is 5.75 Å². The summed E-state index contributed by atoms with van der Waals surface area (Å²) in [6.07, 6.45) is 1.92. The number of aromatic hydroxyl groups is 1. The number of aryl methyl sites for hydroxylation is 2. The van der Waals surface area contributed by atoms with E-state index in [0.717, 1.165) is 43.6 Å². The fraction of sp³-hybridized carbons (Fsp3) is 0.304. The number of fused-ring (bicyclic) bond motifs is 2. The monoisotopic (exact) mass is 756 g/mol. The van der Waals surface area contributed by atoms with Gasteiger partial charge >= 0.3 is 315 Å². The second-order valence-corrected chi connectivity index (χ2v) is 20.1. The molecule has 7 aromatic rings. The van der Waals surface area contributed by atoms with E-state index in [0.29, 0.717) is 5.75 Å². The second-order valence-electron chi connectivity index (χ2n) is 17.1. The predicted molar refractivity (Wildman–Crippen MR) is 221 cm³/mol. The zero-order valence-corrected chi connectivity index (χ0v) is 34.3. The number of nitrogens with zero attached hydrogens (tertiary/aromatic N) is 2. The maximum absolute atomic E-state index is 12.0. The van der Waals surface area contributed by atoms with Crippen LogP contribution < -0.4 is 0 Å². The van der Waals surface area contributed by atoms with Crippen LogP contribution in [-0.2, 0) is 16.2 Å². The Morgan fingerprint density at radius 2 is 1.31 bits per heavy atom. The van der Waals surface area contributed by atoms with Crippen molar-refractivity contribution in [1.82, 2.24) is 9.97 Å². The standard InChI is InChI=1S/C46H48N2OSSe/c1-26-13-12-14-27(2)37(26)34-16-15-33(29-21-30(23-31(22-29)44(3,4)5)38-41-28(17-19-47-38)18-20-50-41)39-42(34)51-43(48-39)35-24-32(45(6,7)8)25-36(40(35)49)46(9,10)11/h12-25,49H,1-11H3. The van der Waals surface area contributed by atoms with Crippen LogP contribution in [0, 0.1) is 13.8 Å². The van der Waals surface area contributed by atoms with E-state index in [2.05, 4.69) is 154 Å². The van der Waals surface area contributed by atoms with Gasteiger partial charge in [-0.2, -0.15) is 0 Å². The van der Waals surface area contributed by atoms with Gasteiger partial charge in [0.05, 0.1) is 0 Å². The third-order valence-corrected chi connectivity index (χ3v) is 13.4. The van der Waals surface area contributed by atoms with Gasteiger partial charge in [-0.25, -0.2) is 0 Å². The zero-order chi connectivity index (χ0) is 36.6. The average Bonchev–Trinajstić information content (AvgIpc) is 3.71. The Hall–Kier alpha value is -4.02. The average molecular weight is 756 g/mol. The van der Waals surface area contributed by atoms with Gasteiger partial charge in [0.15, 0.2) is 0 Å². The Kier molecular flexibility index (Phi) is 8.73. The summed E-state index contributed by atoms with van der Waals surface area (Å²) in [6.45, 7) is 24.5. The SMILES string of the molecule is Cc1cccc(C)c1-c1ccc(-c2cc(-c3nccc4ccsc34)cc(C(C)(C)C)c2)c2nc(-c3cc(C(C)(C)C)cc(C(C)(C)C)c3O)[se]c12. The fourth-order valence-electron chi connectivity index (χ4n) is 7.05. The van der Waals surface area contributed by atoms with E-state index in [1.807, 2.05) is 6.20 Å². The molecule has 260 valence electrons. The molecule has 0 aliphatic carbocycles. The summed E-state index contributed by atoms with van der Waals surface area (Å²) in [5, 5.41) is 15.4. The minimum absolute atomic E-state index is 0.0730. The molecule has 3 aromatic heterocycles. The van der Waals surface area contributed by atoms with Gasteiger partial charge in [0.2, 0.25) is 0 Å². The number of phenolic OH excluding ortho intramolecular Hbond substituents is 1. The first-order valence-electron chi connectivity index (χ1n) is 17.8. The van der Waals surface area contributed by atoms with Crippen molar-refractivity contribution in [3.8, 4) is 49.4 Å². The molecule has 3 heterocycles. The van der Waals surface area contributed by atoms with Crippen LogP contribution in [0.4, 0.5) is 0 Å². The van der Waals surface area contributed by atoms with Gasteiger partial charge in [0.1, 0.15) is 0 Å². The first-order valence-corrected chi connectivity index (χ1v) is 20.4. The third-order valence-electron chi connectivity index (χ3n) is 10.1. The third kappa shape index (κ3) is 6.50. The second kappa shape index (κ2) is 12.6. The Morgan fingerprint density at radius 1 is 0.667 bits per heavy atom. The minimum atomic E-state index is -0.225. The van der Waals surface area contributed by atoms with Crippen molar-refractivity contribution in [2.45, 2.75) is 92.4 Å². The molecular weight excluding hydrogens is 708 g/mol. The number of pyridine rings is 1. The van der Waals surface area contributed by atoms with Gasteiger partial charge in [-0.05, 0) is 0 Å². The van der Waals surface area contributed by atoms with Crippen LogP contribution in [0.2, 0.25) is 0 Å². The van der Waals surface area contributed by atoms with Crippen molar-refractivity contribution in [2.75, 3.05) is 0 Å². The Bertz CT molecular complexity index is 2440. The quantitative estimate of drug-likeness (QED) is 0.182. The van der Waals surface area contributed by atoms with Crippen molar-refractivity contribution in [2.24, 2.45) is 0 Å². The first kappa shape index (κ1) is 35.4. The normalized spacial score (nSPS) is 12.7. The molecule has 0 saturated heterocycles. The topological polar surface area (TPSA) is 46.0 Å². The Balaban J connectivity index is 1.56. The summed E-state index contributed by atoms with van der Waals surface area (Å²) in [5.74, 6) is 0.353. The molecule has 0 spiro atoms. The molecule has 51 heavy (non-hydrogen) atoms. The molecule has 0 unspecified atom stereocenters. The number of hydrogen-bond acceptors (Lipinski definition) is 4. The molecule has 0 amide bonds. The number of rotatable bonds is 4. The van der Waals surface area contributed by atoms with Crippen LogP contribution in [0.15, 0.2) is 84.4 Å². The Labute approximate surface area is 313 Å². The maximum atomic E-state index is 12.0. The van der Waals surface area contributed by atoms with Crippen LogP contribution in [0.3, 0.4) is 0 Å². The molecule has 0 bridgehead atoms. The summed E-state index contributed by atoms with van der Waals surface area (Å²) in [6, 6.07) is 26.8. The molecule has 4 aromatic carbocycles. The van der Waals surface area contributed by atoms with Gasteiger partial charge in [-0.1, -0.05) is 0 Å². The zero-order valence-electron chi connectivity index (χ0n) is 31.7. The number of benzene rings is 4. The fourth-order valence-corrected chi connectivity index (χ4v) is 10.3. The van der Waals surface area contributed by atoms with E-state index in [1.54, 1.807) is 11.3 Å². The molecule has 0 aliphatic heterocycles. The number of thiophene rings is 1. The van der Waals surface area contributed by atoms with E-state index in [9.17, 15) is 5.11 Å². The summed E-state index contributed by atoms with van der Waals surface area (Å²) in [5.41, 5.74) is 14.4. The number of phenols is 1. The number of aromatic nitrogens is 2. The summed E-state index contributed by atoms with van der Waals surface area (Å²) < 4.78 is 3.45. The first-order chi connectivity index (χ1) is 23.9. The van der Waals surface area contributed by atoms with Crippen molar-refractivity contribution in [3.05, 3.63) is 112 Å². The molecule has 3 nitrogen and oxygen atoms in total. The molecule has 7 rings (SSSR count). The molecular formula is C46H48N2OSSe.